The number of hydrogen-bond acceptors (Lipinski definition) is 4. The number of hydrogen-bond donors (Lipinski definition) is 1. The van der Waals surface area contributed by atoms with Gasteiger partial charge < -0.3 is 5.32 Å². The van der Waals surface area contributed by atoms with Gasteiger partial charge in [-0.1, -0.05) is 29.8 Å². The minimum absolute atomic E-state index is 0.110. The van der Waals surface area contributed by atoms with E-state index in [-0.39, 0.29) is 16.3 Å². The molecule has 144 valence electrons. The largest absolute Gasteiger partial charge is 0.320 e. The number of benzene rings is 2. The van der Waals surface area contributed by atoms with Crippen LogP contribution in [0, 0.1) is 0 Å². The van der Waals surface area contributed by atoms with E-state index in [1.807, 2.05) is 24.3 Å². The van der Waals surface area contributed by atoms with Gasteiger partial charge in [0, 0.05) is 18.1 Å². The van der Waals surface area contributed by atoms with Crippen molar-refractivity contribution in [1.29, 1.82) is 0 Å². The standard InChI is InChI=1S/C20H18ClN3O3S/c21-17-9-8-15(24-11-1-2-12-28(24,26)27)13-16(17)20(25)23-18-7-3-5-14-6-4-10-22-19(14)18/h3-10,13H,1-2,11-12H2,(H,23,25). The number of carbonyl (C=O) groups excluding carboxylic acids is 1. The molecule has 0 saturated carbocycles. The van der Waals surface area contributed by atoms with E-state index in [0.717, 1.165) is 11.8 Å². The number of pyridine rings is 1. The normalized spacial score (nSPS) is 16.1. The number of nitrogens with one attached hydrogen (secondary N) is 1. The fourth-order valence-electron chi connectivity index (χ4n) is 3.32. The molecular formula is C20H18ClN3O3S. The molecule has 0 bridgehead atoms. The third-order valence-corrected chi connectivity index (χ3v) is 6.91. The van der Waals surface area contributed by atoms with E-state index >= 15 is 0 Å². The number of rotatable bonds is 3. The average Bonchev–Trinajstić information content (AvgIpc) is 2.68. The van der Waals surface area contributed by atoms with Gasteiger partial charge in [0.2, 0.25) is 10.0 Å². The van der Waals surface area contributed by atoms with Gasteiger partial charge in [0.05, 0.1) is 33.2 Å². The van der Waals surface area contributed by atoms with Gasteiger partial charge in [0.15, 0.2) is 0 Å². The van der Waals surface area contributed by atoms with E-state index < -0.39 is 15.9 Å². The van der Waals surface area contributed by atoms with Crippen molar-refractivity contribution >= 4 is 49.8 Å². The van der Waals surface area contributed by atoms with Crippen LogP contribution in [-0.4, -0.2) is 31.6 Å². The van der Waals surface area contributed by atoms with Gasteiger partial charge >= 0.3 is 0 Å². The summed E-state index contributed by atoms with van der Waals surface area (Å²) in [6, 6.07) is 13.9. The lowest BCUT2D eigenvalue weighted by atomic mass is 10.1. The second kappa shape index (κ2) is 7.41. The average molecular weight is 416 g/mol. The third-order valence-electron chi connectivity index (χ3n) is 4.71. The van der Waals surface area contributed by atoms with Crippen LogP contribution in [0.15, 0.2) is 54.7 Å². The van der Waals surface area contributed by atoms with E-state index in [4.69, 9.17) is 11.6 Å². The number of nitrogens with zero attached hydrogens (tertiary/aromatic N) is 2. The molecule has 8 heteroatoms. The van der Waals surface area contributed by atoms with Crippen LogP contribution in [0.1, 0.15) is 23.2 Å². The molecule has 1 fully saturated rings. The lowest BCUT2D eigenvalue weighted by Gasteiger charge is -2.28. The van der Waals surface area contributed by atoms with Gasteiger partial charge in [-0.15, -0.1) is 0 Å². The maximum Gasteiger partial charge on any atom is 0.257 e. The Morgan fingerprint density at radius 2 is 1.93 bits per heavy atom. The van der Waals surface area contributed by atoms with E-state index in [9.17, 15) is 13.2 Å². The topological polar surface area (TPSA) is 79.4 Å². The molecular weight excluding hydrogens is 398 g/mol. The van der Waals surface area contributed by atoms with Crippen LogP contribution in [0.4, 0.5) is 11.4 Å². The highest BCUT2D eigenvalue weighted by molar-refractivity contribution is 7.92. The van der Waals surface area contributed by atoms with Crippen molar-refractivity contribution in [2.45, 2.75) is 12.8 Å². The first kappa shape index (κ1) is 18.7. The van der Waals surface area contributed by atoms with Crippen molar-refractivity contribution in [3.05, 3.63) is 65.3 Å². The minimum Gasteiger partial charge on any atom is -0.320 e. The maximum atomic E-state index is 12.9. The molecule has 1 aliphatic heterocycles. The van der Waals surface area contributed by atoms with Gasteiger partial charge in [0.1, 0.15) is 0 Å². The fourth-order valence-corrected chi connectivity index (χ4v) is 5.15. The van der Waals surface area contributed by atoms with Crippen molar-refractivity contribution in [2.24, 2.45) is 0 Å². The molecule has 4 rings (SSSR count). The maximum absolute atomic E-state index is 12.9. The van der Waals surface area contributed by atoms with Gasteiger partial charge in [-0.3, -0.25) is 14.1 Å². The zero-order valence-corrected chi connectivity index (χ0v) is 16.5. The summed E-state index contributed by atoms with van der Waals surface area (Å²) in [5.41, 5.74) is 1.90. The molecule has 2 heterocycles. The molecule has 1 N–H and O–H groups in total. The number of fused-ring (bicyclic) bond motifs is 1. The van der Waals surface area contributed by atoms with Crippen molar-refractivity contribution in [2.75, 3.05) is 21.9 Å². The van der Waals surface area contributed by atoms with E-state index in [1.54, 1.807) is 24.4 Å². The van der Waals surface area contributed by atoms with E-state index in [2.05, 4.69) is 10.3 Å². The molecule has 2 aromatic carbocycles. The highest BCUT2D eigenvalue weighted by atomic mass is 35.5. The van der Waals surface area contributed by atoms with Crippen LogP contribution in [0.2, 0.25) is 5.02 Å². The van der Waals surface area contributed by atoms with Crippen molar-refractivity contribution in [3.63, 3.8) is 0 Å². The monoisotopic (exact) mass is 415 g/mol. The Balaban J connectivity index is 1.68. The second-order valence-corrected chi connectivity index (χ2v) is 9.01. The predicted molar refractivity (Wildman–Crippen MR) is 112 cm³/mol. The lowest BCUT2D eigenvalue weighted by molar-refractivity contribution is 0.102. The molecule has 1 amide bonds. The summed E-state index contributed by atoms with van der Waals surface area (Å²) in [6.07, 6.45) is 3.09. The molecule has 0 spiro atoms. The number of para-hydroxylation sites is 1. The second-order valence-electron chi connectivity index (χ2n) is 6.59. The summed E-state index contributed by atoms with van der Waals surface area (Å²) in [5, 5.41) is 4.00. The van der Waals surface area contributed by atoms with Gasteiger partial charge in [-0.25, -0.2) is 8.42 Å². The SMILES string of the molecule is O=C(Nc1cccc2cccnc12)c1cc(N2CCCCS2(=O)=O)ccc1Cl. The Morgan fingerprint density at radius 3 is 2.75 bits per heavy atom. The predicted octanol–water partition coefficient (Wildman–Crippen LogP) is 4.07. The molecule has 0 atom stereocenters. The van der Waals surface area contributed by atoms with Crippen molar-refractivity contribution in [3.8, 4) is 0 Å². The Labute approximate surface area is 168 Å². The van der Waals surface area contributed by atoms with Gasteiger partial charge in [-0.05, 0) is 43.2 Å². The number of aromatic nitrogens is 1. The molecule has 1 aliphatic rings. The Morgan fingerprint density at radius 1 is 1.11 bits per heavy atom. The van der Waals surface area contributed by atoms with Crippen LogP contribution in [0.25, 0.3) is 10.9 Å². The third kappa shape index (κ3) is 3.55. The molecule has 3 aromatic rings. The Kier molecular flexibility index (Phi) is 4.95. The first-order valence-electron chi connectivity index (χ1n) is 8.91. The van der Waals surface area contributed by atoms with Gasteiger partial charge in [0.25, 0.3) is 5.91 Å². The molecule has 1 saturated heterocycles. The Hall–Kier alpha value is -2.64. The summed E-state index contributed by atoms with van der Waals surface area (Å²) in [4.78, 5) is 17.2. The minimum atomic E-state index is -3.37. The van der Waals surface area contributed by atoms with Crippen LogP contribution < -0.4 is 9.62 Å². The lowest BCUT2D eigenvalue weighted by Crippen LogP contribution is -2.38. The fraction of sp³-hybridized carbons (Fsp3) is 0.200. The van der Waals surface area contributed by atoms with Gasteiger partial charge in [-0.2, -0.15) is 0 Å². The summed E-state index contributed by atoms with van der Waals surface area (Å²) in [7, 11) is -3.37. The van der Waals surface area contributed by atoms with Crippen molar-refractivity contribution in [1.82, 2.24) is 4.98 Å². The quantitative estimate of drug-likeness (QED) is 0.699. The summed E-state index contributed by atoms with van der Waals surface area (Å²) >= 11 is 6.24. The highest BCUT2D eigenvalue weighted by Gasteiger charge is 2.27. The summed E-state index contributed by atoms with van der Waals surface area (Å²) in [5.74, 6) is -0.307. The number of carbonyl (C=O) groups is 1. The number of halogens is 1. The molecule has 6 nitrogen and oxygen atoms in total. The zero-order valence-electron chi connectivity index (χ0n) is 14.9. The number of anilines is 2. The first-order valence-corrected chi connectivity index (χ1v) is 10.9. The first-order chi connectivity index (χ1) is 13.5. The smallest absolute Gasteiger partial charge is 0.257 e. The molecule has 28 heavy (non-hydrogen) atoms. The summed E-state index contributed by atoms with van der Waals surface area (Å²) < 4.78 is 26.1. The van der Waals surface area contributed by atoms with Crippen LogP contribution in [0.5, 0.6) is 0 Å². The number of sulfonamides is 1. The van der Waals surface area contributed by atoms with E-state index in [1.165, 1.54) is 10.4 Å². The summed E-state index contributed by atoms with van der Waals surface area (Å²) in [6.45, 7) is 0.401. The Bertz CT molecular complexity index is 1160. The van der Waals surface area contributed by atoms with Crippen molar-refractivity contribution < 1.29 is 13.2 Å². The van der Waals surface area contributed by atoms with Crippen LogP contribution >= 0.6 is 11.6 Å². The number of amides is 1. The molecule has 0 radical (unpaired) electrons. The highest BCUT2D eigenvalue weighted by Crippen LogP contribution is 2.29. The van der Waals surface area contributed by atoms with Crippen LogP contribution in [0.3, 0.4) is 0 Å². The van der Waals surface area contributed by atoms with Crippen LogP contribution in [-0.2, 0) is 10.0 Å². The zero-order chi connectivity index (χ0) is 19.7. The molecule has 0 aliphatic carbocycles. The van der Waals surface area contributed by atoms with E-state index in [0.29, 0.717) is 29.9 Å². The molecule has 1 aromatic heterocycles. The molecule has 0 unspecified atom stereocenters.